The molecule has 35 heavy (non-hydrogen) atoms. The summed E-state index contributed by atoms with van der Waals surface area (Å²) in [6.07, 6.45) is 5.58. The van der Waals surface area contributed by atoms with Gasteiger partial charge in [-0.15, -0.1) is 27.1 Å². The van der Waals surface area contributed by atoms with E-state index in [0.29, 0.717) is 46.1 Å². The fourth-order valence-corrected chi connectivity index (χ4v) is 5.65. The van der Waals surface area contributed by atoms with Crippen LogP contribution < -0.4 is 10.2 Å². The van der Waals surface area contributed by atoms with Gasteiger partial charge in [0.25, 0.3) is 0 Å². The molecule has 6 rings (SSSR count). The maximum Gasteiger partial charge on any atom is 0.245 e. The van der Waals surface area contributed by atoms with Crippen molar-refractivity contribution in [3.05, 3.63) is 36.7 Å². The minimum atomic E-state index is -2.23. The highest BCUT2D eigenvalue weighted by molar-refractivity contribution is 7.98. The van der Waals surface area contributed by atoms with Gasteiger partial charge < -0.3 is 15.3 Å². The lowest BCUT2D eigenvalue weighted by Gasteiger charge is -2.46. The van der Waals surface area contributed by atoms with Crippen LogP contribution in [0.15, 0.2) is 41.7 Å². The molecule has 3 fully saturated rings. The Kier molecular flexibility index (Phi) is 5.15. The molecule has 1 aromatic carbocycles. The molecule has 8 nitrogen and oxygen atoms in total. The van der Waals surface area contributed by atoms with Crippen LogP contribution in [0.3, 0.4) is 0 Å². The summed E-state index contributed by atoms with van der Waals surface area (Å²) in [7, 11) is 0. The molecule has 10 heteroatoms. The third-order valence-corrected chi connectivity index (χ3v) is 7.63. The number of phenols is 1. The topological polar surface area (TPSA) is 100.0 Å². The highest BCUT2D eigenvalue weighted by Gasteiger charge is 2.47. The number of piperidine rings is 2. The quantitative estimate of drug-likeness (QED) is 0.490. The van der Waals surface area contributed by atoms with E-state index in [2.05, 4.69) is 30.7 Å². The molecule has 4 atom stereocenters. The molecular formula is C25H28FN7OS. The van der Waals surface area contributed by atoms with Crippen molar-refractivity contribution in [1.29, 1.82) is 0 Å². The Hall–Kier alpha value is -2.85. The number of aromatic nitrogens is 5. The molecule has 0 unspecified atom stereocenters. The number of hydrogen-bond acceptors (Lipinski definition) is 9. The molecule has 2 saturated heterocycles. The number of phenolic OH excluding ortho intramolecular Hbond substituents is 1. The number of hydrogen-bond donors (Lipinski definition) is 2. The van der Waals surface area contributed by atoms with Gasteiger partial charge in [0.1, 0.15) is 22.6 Å². The van der Waals surface area contributed by atoms with Crippen LogP contribution in [0.5, 0.6) is 5.75 Å². The van der Waals surface area contributed by atoms with Crippen molar-refractivity contribution in [2.45, 2.75) is 73.9 Å². The standard InChI is InChI=1S/C25H28FN7OS/c1-35-23-10-15(12-28-31-23)14-5-8-18(22(34)9-14)20-13-27-25(32-30-20)33(17-6-7-17)21-11-16-3-2-4-19(29-16)24(21)26/h5,8-10,12-13,16-17,19,21,24,29,34H,2-4,6-7,11H2,1H3/t16-,19-,21+,24-/m0/s1/i1D3. The number of benzene rings is 1. The summed E-state index contributed by atoms with van der Waals surface area (Å²) in [5.74, 6) is 0.407. The number of halogens is 1. The molecule has 0 amide bonds. The summed E-state index contributed by atoms with van der Waals surface area (Å²) in [5.41, 5.74) is 2.13. The Bertz CT molecular complexity index is 1310. The van der Waals surface area contributed by atoms with Gasteiger partial charge in [0.15, 0.2) is 0 Å². The zero-order chi connectivity index (χ0) is 26.4. The van der Waals surface area contributed by atoms with Crippen LogP contribution in [0.25, 0.3) is 22.4 Å². The molecule has 1 saturated carbocycles. The maximum absolute atomic E-state index is 15.5. The number of nitrogens with one attached hydrogen (secondary N) is 1. The average Bonchev–Trinajstić information content (AvgIpc) is 3.72. The third-order valence-electron chi connectivity index (χ3n) is 7.22. The normalized spacial score (nSPS) is 27.5. The second kappa shape index (κ2) is 9.31. The van der Waals surface area contributed by atoms with Crippen LogP contribution in [-0.4, -0.2) is 67.0 Å². The van der Waals surface area contributed by atoms with Crippen LogP contribution in [0.1, 0.15) is 42.6 Å². The Morgan fingerprint density at radius 3 is 2.80 bits per heavy atom. The van der Waals surface area contributed by atoms with Gasteiger partial charge in [-0.3, -0.25) is 0 Å². The lowest BCUT2D eigenvalue weighted by atomic mass is 9.82. The van der Waals surface area contributed by atoms with Crippen LogP contribution in [-0.2, 0) is 0 Å². The van der Waals surface area contributed by atoms with Gasteiger partial charge in [-0.25, -0.2) is 9.37 Å². The largest absolute Gasteiger partial charge is 0.507 e. The fourth-order valence-electron chi connectivity index (χ4n) is 5.38. The highest BCUT2D eigenvalue weighted by Crippen LogP contribution is 2.39. The minimum absolute atomic E-state index is 0.0257. The first-order valence-electron chi connectivity index (χ1n) is 13.5. The predicted molar refractivity (Wildman–Crippen MR) is 133 cm³/mol. The summed E-state index contributed by atoms with van der Waals surface area (Å²) in [5, 5.41) is 31.0. The van der Waals surface area contributed by atoms with Crippen molar-refractivity contribution >= 4 is 17.7 Å². The van der Waals surface area contributed by atoms with E-state index >= 15 is 4.39 Å². The molecule has 3 aliphatic rings. The Morgan fingerprint density at radius 2 is 2.03 bits per heavy atom. The molecule has 182 valence electrons. The summed E-state index contributed by atoms with van der Waals surface area (Å²) in [4.78, 5) is 6.61. The molecule has 0 radical (unpaired) electrons. The second-order valence-electron chi connectivity index (χ2n) is 9.55. The van der Waals surface area contributed by atoms with Crippen molar-refractivity contribution < 1.29 is 13.6 Å². The molecule has 2 N–H and O–H groups in total. The van der Waals surface area contributed by atoms with Gasteiger partial charge in [0.05, 0.1) is 18.4 Å². The van der Waals surface area contributed by atoms with Crippen LogP contribution in [0.4, 0.5) is 10.3 Å². The molecular weight excluding hydrogens is 465 g/mol. The van der Waals surface area contributed by atoms with Crippen LogP contribution >= 0.6 is 11.8 Å². The number of aromatic hydroxyl groups is 1. The number of fused-ring (bicyclic) bond motifs is 2. The predicted octanol–water partition coefficient (Wildman–Crippen LogP) is 4.01. The number of nitrogens with zero attached hydrogens (tertiary/aromatic N) is 6. The zero-order valence-electron chi connectivity index (χ0n) is 22.0. The number of anilines is 1. The monoisotopic (exact) mass is 496 g/mol. The zero-order valence-corrected chi connectivity index (χ0v) is 19.8. The molecule has 2 aromatic heterocycles. The third kappa shape index (κ3) is 4.45. The Balaban J connectivity index is 1.23. The lowest BCUT2D eigenvalue weighted by Crippen LogP contribution is -2.62. The molecule has 1 aliphatic carbocycles. The molecule has 4 heterocycles. The molecule has 2 aliphatic heterocycles. The Morgan fingerprint density at radius 1 is 1.11 bits per heavy atom. The van der Waals surface area contributed by atoms with Crippen LogP contribution in [0, 0.1) is 0 Å². The minimum Gasteiger partial charge on any atom is -0.507 e. The van der Waals surface area contributed by atoms with Crippen molar-refractivity contribution in [3.8, 4) is 28.1 Å². The summed E-state index contributed by atoms with van der Waals surface area (Å²) >= 11 is 0.645. The maximum atomic E-state index is 15.5. The molecule has 2 bridgehead atoms. The van der Waals surface area contributed by atoms with Gasteiger partial charge in [-0.1, -0.05) is 12.5 Å². The smallest absolute Gasteiger partial charge is 0.245 e. The number of alkyl halides is 1. The van der Waals surface area contributed by atoms with Gasteiger partial charge in [-0.2, -0.15) is 5.10 Å². The van der Waals surface area contributed by atoms with Gasteiger partial charge in [0, 0.05) is 33.4 Å². The summed E-state index contributed by atoms with van der Waals surface area (Å²) in [6, 6.07) is 6.85. The van der Waals surface area contributed by atoms with E-state index in [0.717, 1.165) is 38.5 Å². The van der Waals surface area contributed by atoms with E-state index in [4.69, 9.17) is 4.11 Å². The molecule has 3 aromatic rings. The Labute approximate surface area is 212 Å². The first-order valence-corrected chi connectivity index (χ1v) is 12.8. The SMILES string of the molecule is [2H]C([2H])([2H])Sc1cc(-c2ccc(-c3cnc(N(C4CC4)[C@@H]4C[C@@H]5CCC[C@H](N5)[C@@H]4F)nn3)c(O)c2)cnn1. The average molecular weight is 497 g/mol. The van der Waals surface area contributed by atoms with E-state index in [9.17, 15) is 5.11 Å². The van der Waals surface area contributed by atoms with Crippen molar-refractivity contribution in [1.82, 2.24) is 30.7 Å². The van der Waals surface area contributed by atoms with E-state index in [1.165, 1.54) is 6.20 Å². The number of rotatable bonds is 6. The summed E-state index contributed by atoms with van der Waals surface area (Å²) in [6.45, 7) is 0. The van der Waals surface area contributed by atoms with E-state index < -0.39 is 12.4 Å². The second-order valence-corrected chi connectivity index (χ2v) is 10.2. The van der Waals surface area contributed by atoms with E-state index in [-0.39, 0.29) is 28.9 Å². The first-order chi connectivity index (χ1) is 18.2. The van der Waals surface area contributed by atoms with Crippen molar-refractivity contribution in [3.63, 3.8) is 0 Å². The fraction of sp³-hybridized carbons (Fsp3) is 0.480. The molecule has 0 spiro atoms. The lowest BCUT2D eigenvalue weighted by molar-refractivity contribution is 0.103. The van der Waals surface area contributed by atoms with Crippen molar-refractivity contribution in [2.24, 2.45) is 0 Å². The summed E-state index contributed by atoms with van der Waals surface area (Å²) < 4.78 is 37.7. The first kappa shape index (κ1) is 19.4. The van der Waals surface area contributed by atoms with E-state index in [1.54, 1.807) is 30.5 Å². The van der Waals surface area contributed by atoms with Gasteiger partial charge >= 0.3 is 0 Å². The van der Waals surface area contributed by atoms with Crippen LogP contribution in [0.2, 0.25) is 0 Å². The number of thioether (sulfide) groups is 1. The van der Waals surface area contributed by atoms with Crippen molar-refractivity contribution in [2.75, 3.05) is 11.1 Å². The van der Waals surface area contributed by atoms with Gasteiger partial charge in [-0.05, 0) is 62.1 Å². The highest BCUT2D eigenvalue weighted by atomic mass is 32.2. The van der Waals surface area contributed by atoms with Gasteiger partial charge in [0.2, 0.25) is 5.95 Å². The van der Waals surface area contributed by atoms with E-state index in [1.807, 2.05) is 4.90 Å².